The van der Waals surface area contributed by atoms with Crippen LogP contribution in [0.4, 0.5) is 0 Å². The molecule has 0 aliphatic rings. The maximum Gasteiger partial charge on any atom is 0.137 e. The van der Waals surface area contributed by atoms with Crippen LogP contribution < -0.4 is 4.74 Å². The highest BCUT2D eigenvalue weighted by atomic mass is 16.5. The van der Waals surface area contributed by atoms with Gasteiger partial charge < -0.3 is 14.3 Å². The van der Waals surface area contributed by atoms with Crippen molar-refractivity contribution in [3.8, 4) is 17.0 Å². The summed E-state index contributed by atoms with van der Waals surface area (Å²) in [6, 6.07) is 12.4. The Bertz CT molecular complexity index is 961. The van der Waals surface area contributed by atoms with Crippen LogP contribution in [0.5, 0.6) is 5.75 Å². The average Bonchev–Trinajstić information content (AvgIpc) is 3.08. The van der Waals surface area contributed by atoms with E-state index in [1.807, 2.05) is 26.0 Å². The number of aryl methyl sites for hydroxylation is 1. The number of hydrogen-bond donors (Lipinski definition) is 1. The Kier molecular flexibility index (Phi) is 3.11. The van der Waals surface area contributed by atoms with Crippen molar-refractivity contribution in [1.82, 2.24) is 14.5 Å². The molecule has 0 bridgehead atoms. The van der Waals surface area contributed by atoms with Crippen LogP contribution in [0.2, 0.25) is 0 Å². The molecule has 0 saturated heterocycles. The van der Waals surface area contributed by atoms with E-state index in [1.54, 1.807) is 6.20 Å². The normalized spacial score (nSPS) is 11.7. The van der Waals surface area contributed by atoms with Crippen molar-refractivity contribution in [3.05, 3.63) is 48.8 Å². The van der Waals surface area contributed by atoms with Crippen molar-refractivity contribution in [2.75, 3.05) is 0 Å². The number of pyridine rings is 1. The SMILES string of the molecule is CC(C)Oc1ccc2c(c1)c(-c1cc3cccnc3[nH]1)cn2C. The molecular weight excluding hydrogens is 286 g/mol. The van der Waals surface area contributed by atoms with Gasteiger partial charge in [-0.05, 0) is 50.2 Å². The molecule has 23 heavy (non-hydrogen) atoms. The fourth-order valence-corrected chi connectivity index (χ4v) is 3.03. The zero-order valence-electron chi connectivity index (χ0n) is 13.5. The third kappa shape index (κ3) is 2.36. The molecule has 0 radical (unpaired) electrons. The van der Waals surface area contributed by atoms with Crippen molar-refractivity contribution in [3.63, 3.8) is 0 Å². The smallest absolute Gasteiger partial charge is 0.137 e. The molecule has 4 rings (SSSR count). The van der Waals surface area contributed by atoms with Gasteiger partial charge in [0.25, 0.3) is 0 Å². The molecule has 0 aliphatic carbocycles. The summed E-state index contributed by atoms with van der Waals surface area (Å²) in [6.07, 6.45) is 4.12. The van der Waals surface area contributed by atoms with Gasteiger partial charge in [0.2, 0.25) is 0 Å². The maximum absolute atomic E-state index is 5.85. The van der Waals surface area contributed by atoms with Gasteiger partial charge in [-0.2, -0.15) is 0 Å². The molecule has 0 amide bonds. The highest BCUT2D eigenvalue weighted by molar-refractivity contribution is 5.98. The van der Waals surface area contributed by atoms with Gasteiger partial charge in [-0.15, -0.1) is 0 Å². The number of aromatic amines is 1. The summed E-state index contributed by atoms with van der Waals surface area (Å²) >= 11 is 0. The summed E-state index contributed by atoms with van der Waals surface area (Å²) in [7, 11) is 2.07. The molecule has 116 valence electrons. The van der Waals surface area contributed by atoms with Crippen molar-refractivity contribution in [2.24, 2.45) is 7.05 Å². The van der Waals surface area contributed by atoms with Crippen LogP contribution in [0.15, 0.2) is 48.8 Å². The number of H-pyrrole nitrogens is 1. The Morgan fingerprint density at radius 2 is 2.04 bits per heavy atom. The number of aromatic nitrogens is 3. The van der Waals surface area contributed by atoms with Gasteiger partial charge in [0, 0.05) is 47.0 Å². The molecular formula is C19H19N3O. The zero-order valence-corrected chi connectivity index (χ0v) is 13.5. The lowest BCUT2D eigenvalue weighted by Gasteiger charge is -2.10. The molecule has 0 unspecified atom stereocenters. The highest BCUT2D eigenvalue weighted by Gasteiger charge is 2.12. The number of fused-ring (bicyclic) bond motifs is 2. The number of nitrogens with one attached hydrogen (secondary N) is 1. The second kappa shape index (κ2) is 5.16. The average molecular weight is 305 g/mol. The topological polar surface area (TPSA) is 42.8 Å². The van der Waals surface area contributed by atoms with Crippen LogP contribution in [0, 0.1) is 0 Å². The number of benzene rings is 1. The molecule has 3 heterocycles. The van der Waals surface area contributed by atoms with E-state index in [2.05, 4.69) is 52.0 Å². The molecule has 1 N–H and O–H groups in total. The third-order valence-corrected chi connectivity index (χ3v) is 4.01. The van der Waals surface area contributed by atoms with Gasteiger partial charge in [0.15, 0.2) is 0 Å². The van der Waals surface area contributed by atoms with Gasteiger partial charge in [-0.3, -0.25) is 0 Å². The molecule has 4 nitrogen and oxygen atoms in total. The lowest BCUT2D eigenvalue weighted by Crippen LogP contribution is -2.05. The molecule has 4 heteroatoms. The van der Waals surface area contributed by atoms with E-state index in [4.69, 9.17) is 4.74 Å². The molecule has 0 fully saturated rings. The molecule has 0 saturated carbocycles. The van der Waals surface area contributed by atoms with Crippen LogP contribution in [0.25, 0.3) is 33.2 Å². The molecule has 1 aromatic carbocycles. The summed E-state index contributed by atoms with van der Waals surface area (Å²) in [5.41, 5.74) is 4.33. The number of hydrogen-bond acceptors (Lipinski definition) is 2. The molecule has 0 atom stereocenters. The van der Waals surface area contributed by atoms with E-state index in [0.717, 1.165) is 28.0 Å². The Morgan fingerprint density at radius 1 is 1.17 bits per heavy atom. The second-order valence-corrected chi connectivity index (χ2v) is 6.12. The van der Waals surface area contributed by atoms with Crippen molar-refractivity contribution >= 4 is 21.9 Å². The predicted octanol–water partition coefficient (Wildman–Crippen LogP) is 4.51. The largest absolute Gasteiger partial charge is 0.491 e. The zero-order chi connectivity index (χ0) is 16.0. The Labute approximate surface area is 134 Å². The minimum atomic E-state index is 0.164. The first-order valence-electron chi connectivity index (χ1n) is 7.81. The third-order valence-electron chi connectivity index (χ3n) is 4.01. The van der Waals surface area contributed by atoms with E-state index < -0.39 is 0 Å². The lowest BCUT2D eigenvalue weighted by atomic mass is 10.1. The van der Waals surface area contributed by atoms with Crippen LogP contribution >= 0.6 is 0 Å². The van der Waals surface area contributed by atoms with Gasteiger partial charge in [0.05, 0.1) is 6.10 Å². The minimum absolute atomic E-state index is 0.164. The van der Waals surface area contributed by atoms with Crippen molar-refractivity contribution < 1.29 is 4.74 Å². The highest BCUT2D eigenvalue weighted by Crippen LogP contribution is 2.33. The maximum atomic E-state index is 5.85. The summed E-state index contributed by atoms with van der Waals surface area (Å²) in [5.74, 6) is 0.897. The van der Waals surface area contributed by atoms with E-state index in [-0.39, 0.29) is 6.10 Å². The predicted molar refractivity (Wildman–Crippen MR) is 93.8 cm³/mol. The van der Waals surface area contributed by atoms with Gasteiger partial charge in [-0.25, -0.2) is 4.98 Å². The molecule has 0 aliphatic heterocycles. The van der Waals surface area contributed by atoms with Crippen molar-refractivity contribution in [2.45, 2.75) is 20.0 Å². The molecule has 0 spiro atoms. The second-order valence-electron chi connectivity index (χ2n) is 6.12. The van der Waals surface area contributed by atoms with E-state index >= 15 is 0 Å². The molecule has 3 aromatic heterocycles. The quantitative estimate of drug-likeness (QED) is 0.605. The first-order valence-corrected chi connectivity index (χ1v) is 7.81. The Balaban J connectivity index is 1.91. The van der Waals surface area contributed by atoms with Gasteiger partial charge >= 0.3 is 0 Å². The van der Waals surface area contributed by atoms with Gasteiger partial charge in [-0.1, -0.05) is 0 Å². The van der Waals surface area contributed by atoms with Crippen LogP contribution in [-0.4, -0.2) is 20.6 Å². The first-order chi connectivity index (χ1) is 11.1. The minimum Gasteiger partial charge on any atom is -0.491 e. The number of nitrogens with zero attached hydrogens (tertiary/aromatic N) is 2. The van der Waals surface area contributed by atoms with Crippen LogP contribution in [0.1, 0.15) is 13.8 Å². The summed E-state index contributed by atoms with van der Waals surface area (Å²) < 4.78 is 7.99. The van der Waals surface area contributed by atoms with E-state index in [0.29, 0.717) is 0 Å². The lowest BCUT2D eigenvalue weighted by molar-refractivity contribution is 0.243. The van der Waals surface area contributed by atoms with Gasteiger partial charge in [0.1, 0.15) is 11.4 Å². The fraction of sp³-hybridized carbons (Fsp3) is 0.211. The fourth-order valence-electron chi connectivity index (χ4n) is 3.03. The molecule has 4 aromatic rings. The summed E-state index contributed by atoms with van der Waals surface area (Å²) in [6.45, 7) is 4.08. The van der Waals surface area contributed by atoms with E-state index in [9.17, 15) is 0 Å². The van der Waals surface area contributed by atoms with Crippen LogP contribution in [-0.2, 0) is 7.05 Å². The van der Waals surface area contributed by atoms with Crippen LogP contribution in [0.3, 0.4) is 0 Å². The summed E-state index contributed by atoms with van der Waals surface area (Å²) in [5, 5.41) is 2.30. The summed E-state index contributed by atoms with van der Waals surface area (Å²) in [4.78, 5) is 7.80. The standard InChI is InChI=1S/C19H19N3O/c1-12(2)23-14-6-7-18-15(10-14)16(11-22(18)3)17-9-13-5-4-8-20-19(13)21-17/h4-12H,1-3H3,(H,20,21). The number of ether oxygens (including phenoxy) is 1. The first kappa shape index (κ1) is 13.9. The monoisotopic (exact) mass is 305 g/mol. The Morgan fingerprint density at radius 3 is 2.83 bits per heavy atom. The van der Waals surface area contributed by atoms with E-state index in [1.165, 1.54) is 10.9 Å². The van der Waals surface area contributed by atoms with Crippen molar-refractivity contribution in [1.29, 1.82) is 0 Å². The number of rotatable bonds is 3. The Hall–Kier alpha value is -2.75.